The van der Waals surface area contributed by atoms with Gasteiger partial charge in [-0.1, -0.05) is 18.2 Å². The number of hydrogen-bond acceptors (Lipinski definition) is 7. The Morgan fingerprint density at radius 3 is 2.52 bits per heavy atom. The minimum absolute atomic E-state index is 0.213. The molecule has 8 N–H and O–H groups in total. The molecule has 3 amide bonds. The third-order valence-electron chi connectivity index (χ3n) is 4.93. The van der Waals surface area contributed by atoms with Crippen molar-refractivity contribution < 1.29 is 29.4 Å². The van der Waals surface area contributed by atoms with Crippen LogP contribution < -0.4 is 21.7 Å². The van der Waals surface area contributed by atoms with Crippen LogP contribution in [0, 0.1) is 0 Å². The number of carbonyl (C=O) groups is 4. The molecule has 0 aliphatic heterocycles. The molecule has 33 heavy (non-hydrogen) atoms. The number of para-hydroxylation sites is 1. The van der Waals surface area contributed by atoms with Crippen molar-refractivity contribution in [2.24, 2.45) is 5.73 Å². The lowest BCUT2D eigenvalue weighted by Gasteiger charge is -2.19. The standard InChI is InChI=1S/C21H29N5O6S/c1-33-7-6-16(21(31)32)25-18(28)10-24-20(30)17(11-27)26-19(29)14(22)8-12-9-23-15-5-3-2-4-13(12)15/h2-5,9,14,16-17,23,27H,6-8,10-11,22H2,1H3,(H,24,30)(H,25,28)(H,26,29)(H,31,32). The van der Waals surface area contributed by atoms with Gasteiger partial charge in [-0.2, -0.15) is 11.8 Å². The lowest BCUT2D eigenvalue weighted by Crippen LogP contribution is -2.55. The molecular formula is C21H29N5O6S. The van der Waals surface area contributed by atoms with Gasteiger partial charge in [-0.3, -0.25) is 14.4 Å². The van der Waals surface area contributed by atoms with E-state index in [0.717, 1.165) is 16.5 Å². The van der Waals surface area contributed by atoms with Crippen molar-refractivity contribution in [3.63, 3.8) is 0 Å². The van der Waals surface area contributed by atoms with Gasteiger partial charge < -0.3 is 36.9 Å². The average molecular weight is 480 g/mol. The fourth-order valence-electron chi connectivity index (χ4n) is 3.13. The first-order chi connectivity index (χ1) is 15.8. The van der Waals surface area contributed by atoms with Gasteiger partial charge in [0, 0.05) is 17.1 Å². The first-order valence-corrected chi connectivity index (χ1v) is 11.7. The molecule has 3 unspecified atom stereocenters. The van der Waals surface area contributed by atoms with Crippen LogP contribution in [0.2, 0.25) is 0 Å². The normalized spacial score (nSPS) is 13.7. The third-order valence-corrected chi connectivity index (χ3v) is 5.58. The van der Waals surface area contributed by atoms with Crippen LogP contribution in [-0.2, 0) is 25.6 Å². The molecule has 1 aromatic carbocycles. The maximum atomic E-state index is 12.5. The number of carboxylic acid groups (broad SMARTS) is 1. The maximum Gasteiger partial charge on any atom is 0.326 e. The van der Waals surface area contributed by atoms with Gasteiger partial charge in [0.2, 0.25) is 17.7 Å². The highest BCUT2D eigenvalue weighted by atomic mass is 32.2. The molecule has 1 heterocycles. The Hall–Kier alpha value is -3.09. The number of aliphatic carboxylic acids is 1. The molecule has 0 spiro atoms. The van der Waals surface area contributed by atoms with E-state index in [1.807, 2.05) is 30.5 Å². The second-order valence-corrected chi connectivity index (χ2v) is 8.36. The minimum atomic E-state index is -1.31. The fraction of sp³-hybridized carbons (Fsp3) is 0.429. The number of carbonyl (C=O) groups excluding carboxylic acids is 3. The van der Waals surface area contributed by atoms with Crippen LogP contribution in [0.15, 0.2) is 30.5 Å². The summed E-state index contributed by atoms with van der Waals surface area (Å²) >= 11 is 1.44. The van der Waals surface area contributed by atoms with Gasteiger partial charge in [0.1, 0.15) is 12.1 Å². The van der Waals surface area contributed by atoms with Crippen LogP contribution in [0.4, 0.5) is 0 Å². The summed E-state index contributed by atoms with van der Waals surface area (Å²) in [6.45, 7) is -1.21. The Labute approximate surface area is 194 Å². The number of nitrogens with one attached hydrogen (secondary N) is 4. The average Bonchev–Trinajstić information content (AvgIpc) is 3.20. The Morgan fingerprint density at radius 2 is 1.85 bits per heavy atom. The molecule has 0 fully saturated rings. The number of hydrogen-bond donors (Lipinski definition) is 7. The van der Waals surface area contributed by atoms with Gasteiger partial charge in [-0.15, -0.1) is 0 Å². The van der Waals surface area contributed by atoms with Gasteiger partial charge in [0.15, 0.2) is 0 Å². The number of H-pyrrole nitrogens is 1. The second kappa shape index (κ2) is 12.8. The molecule has 11 nitrogen and oxygen atoms in total. The molecule has 0 aliphatic carbocycles. The van der Waals surface area contributed by atoms with Crippen molar-refractivity contribution in [3.8, 4) is 0 Å². The molecule has 2 aromatic rings. The first kappa shape index (κ1) is 26.2. The topological polar surface area (TPSA) is 187 Å². The van der Waals surface area contributed by atoms with Gasteiger partial charge >= 0.3 is 5.97 Å². The molecule has 3 atom stereocenters. The molecular weight excluding hydrogens is 450 g/mol. The summed E-state index contributed by atoms with van der Waals surface area (Å²) in [4.78, 5) is 51.0. The van der Waals surface area contributed by atoms with E-state index in [9.17, 15) is 24.3 Å². The Balaban J connectivity index is 1.85. The highest BCUT2D eigenvalue weighted by Gasteiger charge is 2.25. The SMILES string of the molecule is CSCCC(NC(=O)CNC(=O)C(CO)NC(=O)C(N)Cc1c[nH]c2ccccc12)C(=O)O. The largest absolute Gasteiger partial charge is 0.480 e. The summed E-state index contributed by atoms with van der Waals surface area (Å²) < 4.78 is 0. The number of benzene rings is 1. The van der Waals surface area contributed by atoms with Crippen molar-refractivity contribution >= 4 is 46.4 Å². The lowest BCUT2D eigenvalue weighted by atomic mass is 10.0. The minimum Gasteiger partial charge on any atom is -0.480 e. The highest BCUT2D eigenvalue weighted by molar-refractivity contribution is 7.98. The number of aliphatic hydroxyl groups excluding tert-OH is 1. The van der Waals surface area contributed by atoms with Gasteiger partial charge in [-0.05, 0) is 36.5 Å². The monoisotopic (exact) mass is 479 g/mol. The Kier molecular flexibility index (Phi) is 10.2. The highest BCUT2D eigenvalue weighted by Crippen LogP contribution is 2.18. The van der Waals surface area contributed by atoms with Crippen LogP contribution in [0.25, 0.3) is 10.9 Å². The van der Waals surface area contributed by atoms with E-state index < -0.39 is 55.0 Å². The number of nitrogens with two attached hydrogens (primary N) is 1. The van der Waals surface area contributed by atoms with Crippen molar-refractivity contribution in [1.29, 1.82) is 0 Å². The van der Waals surface area contributed by atoms with E-state index in [2.05, 4.69) is 20.9 Å². The van der Waals surface area contributed by atoms with Gasteiger partial charge in [-0.25, -0.2) is 4.79 Å². The summed E-state index contributed by atoms with van der Waals surface area (Å²) in [5, 5.41) is 26.6. The van der Waals surface area contributed by atoms with Crippen LogP contribution in [0.1, 0.15) is 12.0 Å². The molecule has 2 rings (SSSR count). The van der Waals surface area contributed by atoms with Gasteiger partial charge in [0.25, 0.3) is 0 Å². The maximum absolute atomic E-state index is 12.5. The molecule has 12 heteroatoms. The number of rotatable bonds is 13. The first-order valence-electron chi connectivity index (χ1n) is 10.3. The molecule has 1 aromatic heterocycles. The van der Waals surface area contributed by atoms with E-state index in [0.29, 0.717) is 5.75 Å². The lowest BCUT2D eigenvalue weighted by molar-refractivity contribution is -0.141. The number of aromatic nitrogens is 1. The summed E-state index contributed by atoms with van der Waals surface area (Å²) in [6.07, 6.45) is 4.03. The Morgan fingerprint density at radius 1 is 1.12 bits per heavy atom. The van der Waals surface area contributed by atoms with Gasteiger partial charge in [0.05, 0.1) is 19.2 Å². The number of carboxylic acids is 1. The number of amides is 3. The smallest absolute Gasteiger partial charge is 0.326 e. The molecule has 0 radical (unpaired) electrons. The number of thioether (sulfide) groups is 1. The molecule has 0 bridgehead atoms. The number of aliphatic hydroxyl groups is 1. The van der Waals surface area contributed by atoms with Crippen molar-refractivity contribution in [1.82, 2.24) is 20.9 Å². The summed E-state index contributed by atoms with van der Waals surface area (Å²) in [5.41, 5.74) is 7.73. The zero-order chi connectivity index (χ0) is 24.4. The second-order valence-electron chi connectivity index (χ2n) is 7.37. The number of fused-ring (bicyclic) bond motifs is 1. The molecule has 0 saturated heterocycles. The van der Waals surface area contributed by atoms with Crippen LogP contribution in [-0.4, -0.2) is 82.2 Å². The van der Waals surface area contributed by atoms with Crippen LogP contribution in [0.5, 0.6) is 0 Å². The Bertz CT molecular complexity index is 981. The zero-order valence-electron chi connectivity index (χ0n) is 18.2. The fourth-order valence-corrected chi connectivity index (χ4v) is 3.60. The van der Waals surface area contributed by atoms with E-state index in [1.54, 1.807) is 6.20 Å². The van der Waals surface area contributed by atoms with Crippen molar-refractivity contribution in [2.75, 3.05) is 25.2 Å². The van der Waals surface area contributed by atoms with Crippen LogP contribution >= 0.6 is 11.8 Å². The summed E-state index contributed by atoms with van der Waals surface area (Å²) in [7, 11) is 0. The quantitative estimate of drug-likeness (QED) is 0.190. The molecule has 0 aliphatic rings. The number of aromatic amines is 1. The molecule has 0 saturated carbocycles. The van der Waals surface area contributed by atoms with Crippen molar-refractivity contribution in [3.05, 3.63) is 36.0 Å². The van der Waals surface area contributed by atoms with Crippen LogP contribution in [0.3, 0.4) is 0 Å². The summed E-state index contributed by atoms with van der Waals surface area (Å²) in [5.74, 6) is -2.76. The predicted molar refractivity (Wildman–Crippen MR) is 125 cm³/mol. The van der Waals surface area contributed by atoms with E-state index in [4.69, 9.17) is 10.8 Å². The van der Waals surface area contributed by atoms with E-state index >= 15 is 0 Å². The van der Waals surface area contributed by atoms with Crippen molar-refractivity contribution in [2.45, 2.75) is 31.0 Å². The molecule has 180 valence electrons. The third kappa shape index (κ3) is 7.77. The van der Waals surface area contributed by atoms with E-state index in [-0.39, 0.29) is 12.8 Å². The zero-order valence-corrected chi connectivity index (χ0v) is 19.0. The predicted octanol–water partition coefficient (Wildman–Crippen LogP) is -1.05. The summed E-state index contributed by atoms with van der Waals surface area (Å²) in [6, 6.07) is 4.19. The van der Waals surface area contributed by atoms with E-state index in [1.165, 1.54) is 11.8 Å².